The highest BCUT2D eigenvalue weighted by Crippen LogP contribution is 2.39. The van der Waals surface area contributed by atoms with E-state index in [1.165, 1.54) is 21.7 Å². The van der Waals surface area contributed by atoms with Gasteiger partial charge in [0.15, 0.2) is 0 Å². The zero-order valence-corrected chi connectivity index (χ0v) is 10.2. The molecule has 0 radical (unpaired) electrons. The van der Waals surface area contributed by atoms with Crippen molar-refractivity contribution in [1.82, 2.24) is 4.98 Å². The topological polar surface area (TPSA) is 22.1 Å². The van der Waals surface area contributed by atoms with Gasteiger partial charge in [0.2, 0.25) is 0 Å². The van der Waals surface area contributed by atoms with Crippen molar-refractivity contribution in [2.75, 3.05) is 7.11 Å². The average molecular weight is 231 g/mol. The van der Waals surface area contributed by atoms with Crippen LogP contribution in [0, 0.1) is 6.92 Å². The van der Waals surface area contributed by atoms with Crippen LogP contribution in [0.15, 0.2) is 18.2 Å². The molecule has 2 aromatic rings. The lowest BCUT2D eigenvalue weighted by molar-refractivity contribution is 0.415. The van der Waals surface area contributed by atoms with Gasteiger partial charge in [-0.05, 0) is 37.5 Å². The van der Waals surface area contributed by atoms with Gasteiger partial charge in [0.25, 0.3) is 0 Å². The normalized spacial score (nSPS) is 13.1. The Morgan fingerprint density at radius 2 is 2.19 bits per heavy atom. The summed E-state index contributed by atoms with van der Waals surface area (Å²) in [6, 6.07) is 6.34. The van der Waals surface area contributed by atoms with Crippen LogP contribution in [-0.2, 0) is 12.8 Å². The smallest absolute Gasteiger partial charge is 0.119 e. The standard InChI is InChI=1S/C13H13NOS/c1-8-14-12-6-4-9-3-5-10(15-2)7-11(9)13(12)16-8/h3,5,7H,4,6H2,1-2H3. The van der Waals surface area contributed by atoms with Crippen molar-refractivity contribution in [2.45, 2.75) is 19.8 Å². The zero-order valence-electron chi connectivity index (χ0n) is 9.41. The molecule has 0 spiro atoms. The fourth-order valence-corrected chi connectivity index (χ4v) is 3.23. The van der Waals surface area contributed by atoms with Gasteiger partial charge in [-0.25, -0.2) is 4.98 Å². The third-order valence-electron chi connectivity index (χ3n) is 3.00. The third kappa shape index (κ3) is 1.43. The first-order chi connectivity index (χ1) is 7.78. The van der Waals surface area contributed by atoms with Gasteiger partial charge in [0.1, 0.15) is 5.75 Å². The molecular weight excluding hydrogens is 218 g/mol. The Hall–Kier alpha value is -1.35. The van der Waals surface area contributed by atoms with E-state index in [0.29, 0.717) is 0 Å². The zero-order chi connectivity index (χ0) is 11.1. The van der Waals surface area contributed by atoms with Crippen molar-refractivity contribution in [3.05, 3.63) is 34.5 Å². The lowest BCUT2D eigenvalue weighted by Crippen LogP contribution is -2.02. The minimum absolute atomic E-state index is 0.928. The van der Waals surface area contributed by atoms with Crippen molar-refractivity contribution >= 4 is 11.3 Å². The number of aromatic nitrogens is 1. The summed E-state index contributed by atoms with van der Waals surface area (Å²) in [7, 11) is 1.71. The molecule has 1 aliphatic rings. The molecule has 82 valence electrons. The fourth-order valence-electron chi connectivity index (χ4n) is 2.22. The predicted molar refractivity (Wildman–Crippen MR) is 66.2 cm³/mol. The SMILES string of the molecule is COc1ccc2c(c1)-c1sc(C)nc1CC2. The number of methoxy groups -OCH3 is 1. The van der Waals surface area contributed by atoms with Crippen LogP contribution in [-0.4, -0.2) is 12.1 Å². The number of hydrogen-bond acceptors (Lipinski definition) is 3. The Labute approximate surface area is 98.9 Å². The van der Waals surface area contributed by atoms with Crippen molar-refractivity contribution in [1.29, 1.82) is 0 Å². The largest absolute Gasteiger partial charge is 0.497 e. The highest BCUT2D eigenvalue weighted by atomic mass is 32.1. The molecule has 16 heavy (non-hydrogen) atoms. The van der Waals surface area contributed by atoms with E-state index in [0.717, 1.165) is 23.6 Å². The molecule has 0 bridgehead atoms. The number of nitrogens with zero attached hydrogens (tertiary/aromatic N) is 1. The molecule has 0 amide bonds. The van der Waals surface area contributed by atoms with Crippen molar-refractivity contribution in [3.63, 3.8) is 0 Å². The minimum atomic E-state index is 0.928. The summed E-state index contributed by atoms with van der Waals surface area (Å²) in [5.74, 6) is 0.928. The summed E-state index contributed by atoms with van der Waals surface area (Å²) in [5.41, 5.74) is 3.98. The van der Waals surface area contributed by atoms with E-state index < -0.39 is 0 Å². The molecule has 3 rings (SSSR count). The average Bonchev–Trinajstić information content (AvgIpc) is 2.69. The van der Waals surface area contributed by atoms with Gasteiger partial charge in [-0.2, -0.15) is 0 Å². The lowest BCUT2D eigenvalue weighted by atomic mass is 9.94. The molecule has 0 saturated carbocycles. The van der Waals surface area contributed by atoms with Gasteiger partial charge >= 0.3 is 0 Å². The number of benzene rings is 1. The van der Waals surface area contributed by atoms with E-state index >= 15 is 0 Å². The molecule has 0 aliphatic heterocycles. The van der Waals surface area contributed by atoms with Gasteiger partial charge in [-0.3, -0.25) is 0 Å². The summed E-state index contributed by atoms with van der Waals surface area (Å²) in [6.45, 7) is 2.07. The van der Waals surface area contributed by atoms with E-state index in [-0.39, 0.29) is 0 Å². The lowest BCUT2D eigenvalue weighted by Gasteiger charge is -2.15. The maximum Gasteiger partial charge on any atom is 0.119 e. The summed E-state index contributed by atoms with van der Waals surface area (Å²) < 4.78 is 5.29. The van der Waals surface area contributed by atoms with Crippen LogP contribution >= 0.6 is 11.3 Å². The Morgan fingerprint density at radius 3 is 3.00 bits per heavy atom. The van der Waals surface area contributed by atoms with Crippen LogP contribution in [0.3, 0.4) is 0 Å². The van der Waals surface area contributed by atoms with Crippen LogP contribution in [0.2, 0.25) is 0 Å². The Kier molecular flexibility index (Phi) is 2.21. The third-order valence-corrected chi connectivity index (χ3v) is 4.04. The molecule has 1 heterocycles. The molecule has 1 aromatic carbocycles. The minimum Gasteiger partial charge on any atom is -0.497 e. The number of rotatable bonds is 1. The van der Waals surface area contributed by atoms with Crippen LogP contribution in [0.25, 0.3) is 10.4 Å². The van der Waals surface area contributed by atoms with Crippen molar-refractivity contribution in [2.24, 2.45) is 0 Å². The fraction of sp³-hybridized carbons (Fsp3) is 0.308. The van der Waals surface area contributed by atoms with E-state index in [1.54, 1.807) is 18.4 Å². The molecule has 0 atom stereocenters. The molecule has 1 aliphatic carbocycles. The van der Waals surface area contributed by atoms with E-state index in [1.807, 2.05) is 6.07 Å². The molecule has 0 saturated heterocycles. The molecular formula is C13H13NOS. The monoisotopic (exact) mass is 231 g/mol. The number of hydrogen-bond donors (Lipinski definition) is 0. The van der Waals surface area contributed by atoms with Crippen LogP contribution in [0.5, 0.6) is 5.75 Å². The molecule has 0 unspecified atom stereocenters. The van der Waals surface area contributed by atoms with Gasteiger partial charge in [-0.15, -0.1) is 11.3 Å². The molecule has 1 aromatic heterocycles. The first-order valence-corrected chi connectivity index (χ1v) is 6.23. The van der Waals surface area contributed by atoms with Crippen LogP contribution < -0.4 is 4.74 Å². The molecule has 3 heteroatoms. The Morgan fingerprint density at radius 1 is 1.31 bits per heavy atom. The highest BCUT2D eigenvalue weighted by Gasteiger charge is 2.20. The Bertz CT molecular complexity index is 545. The van der Waals surface area contributed by atoms with Gasteiger partial charge in [0, 0.05) is 5.56 Å². The van der Waals surface area contributed by atoms with E-state index in [4.69, 9.17) is 4.74 Å². The second kappa shape index (κ2) is 3.59. The second-order valence-corrected chi connectivity index (χ2v) is 5.23. The maximum atomic E-state index is 5.29. The first kappa shape index (κ1) is 9.85. The summed E-state index contributed by atoms with van der Waals surface area (Å²) in [6.07, 6.45) is 2.16. The number of ether oxygens (including phenoxy) is 1. The van der Waals surface area contributed by atoms with Crippen molar-refractivity contribution < 1.29 is 4.74 Å². The number of fused-ring (bicyclic) bond motifs is 3. The number of aryl methyl sites for hydroxylation is 3. The Balaban J connectivity index is 2.21. The van der Waals surface area contributed by atoms with E-state index in [2.05, 4.69) is 24.0 Å². The second-order valence-electron chi connectivity index (χ2n) is 4.03. The maximum absolute atomic E-state index is 5.29. The van der Waals surface area contributed by atoms with Crippen LogP contribution in [0.4, 0.5) is 0 Å². The number of thiazole rings is 1. The molecule has 2 nitrogen and oxygen atoms in total. The first-order valence-electron chi connectivity index (χ1n) is 5.41. The van der Waals surface area contributed by atoms with Gasteiger partial charge < -0.3 is 4.74 Å². The van der Waals surface area contributed by atoms with E-state index in [9.17, 15) is 0 Å². The highest BCUT2D eigenvalue weighted by molar-refractivity contribution is 7.15. The summed E-state index contributed by atoms with van der Waals surface area (Å²) >= 11 is 1.79. The quantitative estimate of drug-likeness (QED) is 0.751. The van der Waals surface area contributed by atoms with Crippen molar-refractivity contribution in [3.8, 4) is 16.2 Å². The van der Waals surface area contributed by atoms with Crippen LogP contribution in [0.1, 0.15) is 16.3 Å². The molecule has 0 fully saturated rings. The predicted octanol–water partition coefficient (Wildman–Crippen LogP) is 3.23. The summed E-state index contributed by atoms with van der Waals surface area (Å²) in [5, 5.41) is 1.15. The van der Waals surface area contributed by atoms with Gasteiger partial charge in [-0.1, -0.05) is 6.07 Å². The molecule has 0 N–H and O–H groups in total. The summed E-state index contributed by atoms with van der Waals surface area (Å²) in [4.78, 5) is 5.91. The van der Waals surface area contributed by atoms with Gasteiger partial charge in [0.05, 0.1) is 22.7 Å².